The van der Waals surface area contributed by atoms with Crippen molar-refractivity contribution >= 4 is 0 Å². The molecule has 1 atom stereocenters. The summed E-state index contributed by atoms with van der Waals surface area (Å²) >= 11 is 0. The second kappa shape index (κ2) is 4.35. The topological polar surface area (TPSA) is 43.8 Å². The molecule has 1 heterocycles. The molecule has 0 saturated carbocycles. The minimum absolute atomic E-state index is 0.0557. The Labute approximate surface area is 92.7 Å². The molecular formula is C12H23N3. The fourth-order valence-electron chi connectivity index (χ4n) is 1.60. The Kier molecular flexibility index (Phi) is 3.55. The van der Waals surface area contributed by atoms with Gasteiger partial charge in [-0.15, -0.1) is 0 Å². The predicted octanol–water partition coefficient (Wildman–Crippen LogP) is 2.51. The molecule has 1 aromatic rings. The molecule has 1 rings (SSSR count). The van der Waals surface area contributed by atoms with Gasteiger partial charge in [0.15, 0.2) is 0 Å². The molecule has 0 aliphatic carbocycles. The first-order valence-electron chi connectivity index (χ1n) is 5.65. The first kappa shape index (κ1) is 12.2. The third-order valence-corrected chi connectivity index (χ3v) is 2.31. The van der Waals surface area contributed by atoms with Crippen molar-refractivity contribution in [3.05, 3.63) is 17.5 Å². The Hall–Kier alpha value is -0.830. The number of nitrogens with zero attached hydrogens (tertiary/aromatic N) is 2. The van der Waals surface area contributed by atoms with Gasteiger partial charge in [-0.05, 0) is 24.8 Å². The highest BCUT2D eigenvalue weighted by Gasteiger charge is 2.17. The van der Waals surface area contributed by atoms with Gasteiger partial charge in [-0.2, -0.15) is 5.10 Å². The molecule has 1 aromatic heterocycles. The smallest absolute Gasteiger partial charge is 0.0625 e. The molecule has 0 aromatic carbocycles. The van der Waals surface area contributed by atoms with Crippen LogP contribution in [0, 0.1) is 5.41 Å². The van der Waals surface area contributed by atoms with Crippen molar-refractivity contribution in [1.29, 1.82) is 0 Å². The van der Waals surface area contributed by atoms with Crippen LogP contribution < -0.4 is 5.73 Å². The molecule has 0 aliphatic heterocycles. The van der Waals surface area contributed by atoms with E-state index in [0.29, 0.717) is 0 Å². The van der Waals surface area contributed by atoms with Crippen LogP contribution in [0.1, 0.15) is 52.0 Å². The molecule has 86 valence electrons. The zero-order valence-corrected chi connectivity index (χ0v) is 10.5. The highest BCUT2D eigenvalue weighted by Crippen LogP contribution is 2.20. The summed E-state index contributed by atoms with van der Waals surface area (Å²) in [5.41, 5.74) is 8.45. The van der Waals surface area contributed by atoms with Crippen LogP contribution in [0.5, 0.6) is 0 Å². The molecule has 0 bridgehead atoms. The Morgan fingerprint density at radius 2 is 2.07 bits per heavy atom. The minimum Gasteiger partial charge on any atom is -0.323 e. The lowest BCUT2D eigenvalue weighted by Gasteiger charge is -2.20. The van der Waals surface area contributed by atoms with E-state index in [1.165, 1.54) is 0 Å². The molecule has 0 radical (unpaired) electrons. The van der Waals surface area contributed by atoms with Crippen molar-refractivity contribution in [3.8, 4) is 0 Å². The van der Waals surface area contributed by atoms with Crippen LogP contribution in [0.4, 0.5) is 0 Å². The third-order valence-electron chi connectivity index (χ3n) is 2.31. The van der Waals surface area contributed by atoms with Crippen molar-refractivity contribution in [1.82, 2.24) is 9.78 Å². The number of rotatable bonds is 3. The zero-order valence-electron chi connectivity index (χ0n) is 10.5. The van der Waals surface area contributed by atoms with Crippen molar-refractivity contribution in [2.45, 2.75) is 53.6 Å². The van der Waals surface area contributed by atoms with E-state index < -0.39 is 0 Å². The third kappa shape index (κ3) is 3.34. The lowest BCUT2D eigenvalue weighted by Crippen LogP contribution is -2.21. The second-order valence-corrected chi connectivity index (χ2v) is 5.42. The molecule has 3 nitrogen and oxygen atoms in total. The molecule has 3 heteroatoms. The van der Waals surface area contributed by atoms with E-state index in [9.17, 15) is 0 Å². The van der Waals surface area contributed by atoms with Crippen LogP contribution in [-0.4, -0.2) is 9.78 Å². The monoisotopic (exact) mass is 209 g/mol. The number of aryl methyl sites for hydroxylation is 1. The van der Waals surface area contributed by atoms with E-state index >= 15 is 0 Å². The lowest BCUT2D eigenvalue weighted by atomic mass is 9.97. The van der Waals surface area contributed by atoms with Crippen LogP contribution in [0.3, 0.4) is 0 Å². The predicted molar refractivity (Wildman–Crippen MR) is 63.7 cm³/mol. The molecule has 0 amide bonds. The Balaban J connectivity index is 2.99. The average Bonchev–Trinajstić information content (AvgIpc) is 2.44. The number of nitrogens with two attached hydrogens (primary N) is 1. The molecule has 15 heavy (non-hydrogen) atoms. The average molecular weight is 209 g/mol. The van der Waals surface area contributed by atoms with E-state index in [-0.39, 0.29) is 11.5 Å². The first-order valence-corrected chi connectivity index (χ1v) is 5.65. The van der Waals surface area contributed by atoms with Gasteiger partial charge in [0.25, 0.3) is 0 Å². The summed E-state index contributed by atoms with van der Waals surface area (Å²) in [7, 11) is 0. The van der Waals surface area contributed by atoms with Crippen LogP contribution in [0.25, 0.3) is 0 Å². The van der Waals surface area contributed by atoms with Crippen LogP contribution in [0.15, 0.2) is 6.07 Å². The Bertz CT molecular complexity index is 318. The van der Waals surface area contributed by atoms with Crippen molar-refractivity contribution in [2.24, 2.45) is 11.1 Å². The molecule has 2 N–H and O–H groups in total. The highest BCUT2D eigenvalue weighted by atomic mass is 15.3. The van der Waals surface area contributed by atoms with Gasteiger partial charge in [-0.25, -0.2) is 0 Å². The first-order chi connectivity index (χ1) is 6.83. The molecular weight excluding hydrogens is 186 g/mol. The highest BCUT2D eigenvalue weighted by molar-refractivity contribution is 5.13. The summed E-state index contributed by atoms with van der Waals surface area (Å²) in [5.74, 6) is 0. The number of hydrogen-bond acceptors (Lipinski definition) is 2. The zero-order chi connectivity index (χ0) is 11.6. The van der Waals surface area contributed by atoms with Crippen LogP contribution >= 0.6 is 0 Å². The maximum Gasteiger partial charge on any atom is 0.0625 e. The number of hydrogen-bond donors (Lipinski definition) is 1. The second-order valence-electron chi connectivity index (χ2n) is 5.42. The Morgan fingerprint density at radius 1 is 1.47 bits per heavy atom. The molecule has 0 unspecified atom stereocenters. The summed E-state index contributed by atoms with van der Waals surface area (Å²) in [4.78, 5) is 0. The summed E-state index contributed by atoms with van der Waals surface area (Å²) in [6.45, 7) is 11.7. The maximum absolute atomic E-state index is 5.94. The van der Waals surface area contributed by atoms with Gasteiger partial charge in [0.05, 0.1) is 11.4 Å². The van der Waals surface area contributed by atoms with E-state index in [1.807, 2.05) is 6.92 Å². The van der Waals surface area contributed by atoms with Gasteiger partial charge >= 0.3 is 0 Å². The fraction of sp³-hybridized carbons (Fsp3) is 0.750. The molecule has 0 fully saturated rings. The molecule has 0 saturated heterocycles. The van der Waals surface area contributed by atoms with E-state index in [0.717, 1.165) is 24.4 Å². The van der Waals surface area contributed by atoms with E-state index in [1.54, 1.807) is 0 Å². The van der Waals surface area contributed by atoms with Crippen LogP contribution in [-0.2, 0) is 13.0 Å². The van der Waals surface area contributed by atoms with Crippen molar-refractivity contribution in [3.63, 3.8) is 0 Å². The molecule has 0 aliphatic rings. The van der Waals surface area contributed by atoms with E-state index in [4.69, 9.17) is 5.73 Å². The molecule has 0 spiro atoms. The van der Waals surface area contributed by atoms with Crippen molar-refractivity contribution < 1.29 is 0 Å². The largest absolute Gasteiger partial charge is 0.323 e. The van der Waals surface area contributed by atoms with Gasteiger partial charge in [0, 0.05) is 12.6 Å². The van der Waals surface area contributed by atoms with Crippen molar-refractivity contribution in [2.75, 3.05) is 0 Å². The van der Waals surface area contributed by atoms with Gasteiger partial charge in [-0.1, -0.05) is 27.7 Å². The maximum atomic E-state index is 5.94. The SMILES string of the molecule is CCc1cc([C@H](C)N)n(CC(C)(C)C)n1. The minimum atomic E-state index is 0.0557. The van der Waals surface area contributed by atoms with Gasteiger partial charge in [0.2, 0.25) is 0 Å². The fourth-order valence-corrected chi connectivity index (χ4v) is 1.60. The summed E-state index contributed by atoms with van der Waals surface area (Å²) < 4.78 is 2.06. The van der Waals surface area contributed by atoms with Gasteiger partial charge in [0.1, 0.15) is 0 Å². The van der Waals surface area contributed by atoms with Gasteiger partial charge < -0.3 is 5.73 Å². The summed E-state index contributed by atoms with van der Waals surface area (Å²) in [6.07, 6.45) is 0.969. The quantitative estimate of drug-likeness (QED) is 0.831. The number of aromatic nitrogens is 2. The van der Waals surface area contributed by atoms with Gasteiger partial charge in [-0.3, -0.25) is 4.68 Å². The summed E-state index contributed by atoms with van der Waals surface area (Å²) in [6, 6.07) is 2.18. The van der Waals surface area contributed by atoms with Crippen LogP contribution in [0.2, 0.25) is 0 Å². The normalized spacial score (nSPS) is 14.3. The lowest BCUT2D eigenvalue weighted by molar-refractivity contribution is 0.316. The Morgan fingerprint density at radius 3 is 2.47 bits per heavy atom. The van der Waals surface area contributed by atoms with E-state index in [2.05, 4.69) is 43.5 Å². The summed E-state index contributed by atoms with van der Waals surface area (Å²) in [5, 5.41) is 4.57. The standard InChI is InChI=1S/C12H23N3/c1-6-10-7-11(9(2)13)15(14-10)8-12(3,4)5/h7,9H,6,8,13H2,1-5H3/t9-/m0/s1.